The van der Waals surface area contributed by atoms with Crippen LogP contribution in [0.4, 0.5) is 0 Å². The van der Waals surface area contributed by atoms with Crippen LogP contribution in [0.2, 0.25) is 0 Å². The van der Waals surface area contributed by atoms with Gasteiger partial charge in [-0.15, -0.1) is 0 Å². The van der Waals surface area contributed by atoms with Crippen LogP contribution in [0.3, 0.4) is 0 Å². The third kappa shape index (κ3) is 16.3. The summed E-state index contributed by atoms with van der Waals surface area (Å²) in [6, 6.07) is 0. The molecule has 0 radical (unpaired) electrons. The van der Waals surface area contributed by atoms with Crippen LogP contribution in [-0.2, 0) is 9.59 Å². The first kappa shape index (κ1) is 24.2. The number of unbranched alkanes of at least 4 members (excludes halogenated alkanes) is 10. The fraction of sp³-hybridized carbons (Fsp3) is 0.882. The zero-order valence-corrected chi connectivity index (χ0v) is 16.9. The molecule has 0 unspecified atom stereocenters. The molecule has 5 heteroatoms. The standard InChI is InChI=1S/C17H33NO3.Na/c1-3-4-5-6-7-8-9-10-11-12-13-14-16(19)18(2)15-17(20)21;/h3-15H2,1-2H3,(H,20,21);/q;+1. The van der Waals surface area contributed by atoms with Gasteiger partial charge in [0.15, 0.2) is 0 Å². The molecule has 0 spiro atoms. The molecule has 1 amide bonds. The van der Waals surface area contributed by atoms with Crippen molar-refractivity contribution in [2.45, 2.75) is 84.0 Å². The van der Waals surface area contributed by atoms with Gasteiger partial charge in [-0.25, -0.2) is 0 Å². The first-order valence-corrected chi connectivity index (χ1v) is 8.53. The minimum absolute atomic E-state index is 0. The van der Waals surface area contributed by atoms with E-state index in [4.69, 9.17) is 5.11 Å². The fourth-order valence-corrected chi connectivity index (χ4v) is 2.42. The molecule has 22 heavy (non-hydrogen) atoms. The van der Waals surface area contributed by atoms with Crippen LogP contribution in [0, 0.1) is 0 Å². The number of amides is 1. The van der Waals surface area contributed by atoms with Crippen molar-refractivity contribution in [1.29, 1.82) is 0 Å². The van der Waals surface area contributed by atoms with Crippen molar-refractivity contribution >= 4 is 11.9 Å². The van der Waals surface area contributed by atoms with Gasteiger partial charge >= 0.3 is 35.5 Å². The number of carboxylic acids is 1. The molecule has 0 heterocycles. The van der Waals surface area contributed by atoms with Gasteiger partial charge in [-0.05, 0) is 6.42 Å². The van der Waals surface area contributed by atoms with Gasteiger partial charge in [0, 0.05) is 13.5 Å². The van der Waals surface area contributed by atoms with Crippen LogP contribution in [0.25, 0.3) is 0 Å². The zero-order valence-electron chi connectivity index (χ0n) is 14.9. The molecule has 0 atom stereocenters. The normalized spacial score (nSPS) is 10.1. The van der Waals surface area contributed by atoms with Gasteiger partial charge in [0.2, 0.25) is 5.91 Å². The number of rotatable bonds is 14. The molecular formula is C17H33NNaO3+. The van der Waals surface area contributed by atoms with Crippen molar-refractivity contribution in [3.05, 3.63) is 0 Å². The topological polar surface area (TPSA) is 57.6 Å². The average molecular weight is 322 g/mol. The van der Waals surface area contributed by atoms with Gasteiger partial charge in [0.25, 0.3) is 0 Å². The second kappa shape index (κ2) is 17.3. The summed E-state index contributed by atoms with van der Waals surface area (Å²) in [4.78, 5) is 23.4. The number of carbonyl (C=O) groups excluding carboxylic acids is 1. The molecule has 0 aliphatic heterocycles. The van der Waals surface area contributed by atoms with E-state index in [0.717, 1.165) is 12.8 Å². The molecule has 0 fully saturated rings. The molecule has 124 valence electrons. The third-order valence-corrected chi connectivity index (χ3v) is 3.79. The minimum atomic E-state index is -0.954. The maximum atomic E-state index is 11.6. The predicted octanol–water partition coefficient (Wildman–Crippen LogP) is 1.23. The van der Waals surface area contributed by atoms with Crippen molar-refractivity contribution in [2.24, 2.45) is 0 Å². The monoisotopic (exact) mass is 322 g/mol. The Morgan fingerprint density at radius 3 is 1.64 bits per heavy atom. The summed E-state index contributed by atoms with van der Waals surface area (Å²) in [5.41, 5.74) is 0. The quantitative estimate of drug-likeness (QED) is 0.387. The Morgan fingerprint density at radius 1 is 0.818 bits per heavy atom. The van der Waals surface area contributed by atoms with Crippen molar-refractivity contribution < 1.29 is 44.3 Å². The van der Waals surface area contributed by atoms with Gasteiger partial charge < -0.3 is 10.0 Å². The number of nitrogens with zero attached hydrogens (tertiary/aromatic N) is 1. The van der Waals surface area contributed by atoms with Gasteiger partial charge in [0.05, 0.1) is 0 Å². The number of carbonyl (C=O) groups is 2. The number of likely N-dealkylation sites (N-methyl/N-ethyl adjacent to an activating group) is 1. The van der Waals surface area contributed by atoms with E-state index >= 15 is 0 Å². The van der Waals surface area contributed by atoms with Crippen LogP contribution >= 0.6 is 0 Å². The summed E-state index contributed by atoms with van der Waals surface area (Å²) in [6.07, 6.45) is 14.3. The number of hydrogen-bond donors (Lipinski definition) is 1. The third-order valence-electron chi connectivity index (χ3n) is 3.79. The molecule has 0 aromatic rings. The Morgan fingerprint density at radius 2 is 1.23 bits per heavy atom. The van der Waals surface area contributed by atoms with E-state index < -0.39 is 5.97 Å². The van der Waals surface area contributed by atoms with Crippen molar-refractivity contribution in [3.63, 3.8) is 0 Å². The molecule has 0 aliphatic rings. The summed E-state index contributed by atoms with van der Waals surface area (Å²) in [7, 11) is 1.55. The van der Waals surface area contributed by atoms with Gasteiger partial charge in [-0.1, -0.05) is 71.1 Å². The number of aliphatic carboxylic acids is 1. The first-order valence-electron chi connectivity index (χ1n) is 8.53. The SMILES string of the molecule is CCCCCCCCCCCCCC(=O)N(C)CC(=O)O.[Na+]. The Hall–Kier alpha value is -0.0600. The molecule has 1 N–H and O–H groups in total. The molecular weight excluding hydrogens is 289 g/mol. The van der Waals surface area contributed by atoms with Crippen molar-refractivity contribution in [1.82, 2.24) is 4.90 Å². The first-order chi connectivity index (χ1) is 10.1. The molecule has 4 nitrogen and oxygen atoms in total. The summed E-state index contributed by atoms with van der Waals surface area (Å²) in [5.74, 6) is -1.02. The summed E-state index contributed by atoms with van der Waals surface area (Å²) >= 11 is 0. The molecule has 0 aliphatic carbocycles. The molecule has 0 bridgehead atoms. The summed E-state index contributed by atoms with van der Waals surface area (Å²) in [6.45, 7) is 2.04. The van der Waals surface area contributed by atoms with E-state index in [-0.39, 0.29) is 42.0 Å². The predicted molar refractivity (Wildman–Crippen MR) is 86.4 cm³/mol. The van der Waals surface area contributed by atoms with E-state index in [1.807, 2.05) is 0 Å². The fourth-order valence-electron chi connectivity index (χ4n) is 2.42. The van der Waals surface area contributed by atoms with Crippen LogP contribution in [0.5, 0.6) is 0 Å². The molecule has 0 saturated carbocycles. The second-order valence-corrected chi connectivity index (χ2v) is 5.93. The maximum Gasteiger partial charge on any atom is 1.00 e. The average Bonchev–Trinajstić information content (AvgIpc) is 2.43. The Balaban J connectivity index is 0. The number of hydrogen-bond acceptors (Lipinski definition) is 2. The largest absolute Gasteiger partial charge is 1.00 e. The van der Waals surface area contributed by atoms with Gasteiger partial charge in [0.1, 0.15) is 6.54 Å². The molecule has 0 saturated heterocycles. The zero-order chi connectivity index (χ0) is 15.9. The van der Waals surface area contributed by atoms with Crippen LogP contribution in [0.15, 0.2) is 0 Å². The smallest absolute Gasteiger partial charge is 0.480 e. The van der Waals surface area contributed by atoms with Crippen LogP contribution < -0.4 is 29.6 Å². The van der Waals surface area contributed by atoms with E-state index in [9.17, 15) is 9.59 Å². The second-order valence-electron chi connectivity index (χ2n) is 5.93. The Labute approximate surface area is 158 Å². The Kier molecular flexibility index (Phi) is 19.0. The van der Waals surface area contributed by atoms with E-state index in [0.29, 0.717) is 6.42 Å². The van der Waals surface area contributed by atoms with Crippen LogP contribution in [0.1, 0.15) is 84.0 Å². The van der Waals surface area contributed by atoms with Gasteiger partial charge in [-0.2, -0.15) is 0 Å². The summed E-state index contributed by atoms with van der Waals surface area (Å²) in [5, 5.41) is 8.60. The molecule has 0 aromatic carbocycles. The van der Waals surface area contributed by atoms with E-state index in [1.165, 1.54) is 62.7 Å². The minimum Gasteiger partial charge on any atom is -0.480 e. The molecule has 0 rings (SSSR count). The van der Waals surface area contributed by atoms with Crippen LogP contribution in [-0.4, -0.2) is 35.5 Å². The van der Waals surface area contributed by atoms with Crippen molar-refractivity contribution in [3.8, 4) is 0 Å². The number of carboxylic acid groups (broad SMARTS) is 1. The van der Waals surface area contributed by atoms with Gasteiger partial charge in [-0.3, -0.25) is 9.59 Å². The molecule has 0 aromatic heterocycles. The maximum absolute atomic E-state index is 11.6. The van der Waals surface area contributed by atoms with E-state index in [1.54, 1.807) is 7.05 Å². The van der Waals surface area contributed by atoms with E-state index in [2.05, 4.69) is 6.92 Å². The Bertz CT molecular complexity index is 285. The van der Waals surface area contributed by atoms with Crippen molar-refractivity contribution in [2.75, 3.05) is 13.6 Å². The summed E-state index contributed by atoms with van der Waals surface area (Å²) < 4.78 is 0.